The number of halogens is 1. The molecule has 0 N–H and O–H groups in total. The lowest BCUT2D eigenvalue weighted by molar-refractivity contribution is 0.635. The highest BCUT2D eigenvalue weighted by molar-refractivity contribution is 9.08. The highest BCUT2D eigenvalue weighted by atomic mass is 79.9. The number of benzene rings is 1. The molecule has 0 aliphatic heterocycles. The molecule has 1 heteroatoms. The Kier molecular flexibility index (Phi) is 5.54. The van der Waals surface area contributed by atoms with Crippen LogP contribution in [0.5, 0.6) is 0 Å². The Morgan fingerprint density at radius 1 is 0.812 bits per heavy atom. The van der Waals surface area contributed by atoms with Gasteiger partial charge in [0.05, 0.1) is 0 Å². The molecular weight excluding hydrogens is 260 g/mol. The van der Waals surface area contributed by atoms with E-state index in [0.717, 1.165) is 17.2 Å². The van der Waals surface area contributed by atoms with Gasteiger partial charge in [-0.1, -0.05) is 61.8 Å². The molecular formula is C15H23Br. The summed E-state index contributed by atoms with van der Waals surface area (Å²) in [5.74, 6) is 1.47. The maximum Gasteiger partial charge on any atom is 0.0283 e. The Morgan fingerprint density at radius 2 is 1.19 bits per heavy atom. The number of alkyl halides is 1. The average Bonchev–Trinajstić information content (AvgIpc) is 2.14. The highest BCUT2D eigenvalue weighted by Gasteiger charge is 2.04. The minimum absolute atomic E-state index is 0.734. The van der Waals surface area contributed by atoms with Crippen LogP contribution in [-0.2, 0) is 18.2 Å². The summed E-state index contributed by atoms with van der Waals surface area (Å²) in [6.45, 7) is 9.12. The van der Waals surface area contributed by atoms with E-state index in [0.29, 0.717) is 0 Å². The molecule has 0 heterocycles. The predicted molar refractivity (Wildman–Crippen MR) is 76.2 cm³/mol. The monoisotopic (exact) mass is 282 g/mol. The van der Waals surface area contributed by atoms with Crippen LogP contribution in [0.3, 0.4) is 0 Å². The van der Waals surface area contributed by atoms with E-state index in [9.17, 15) is 0 Å². The summed E-state index contributed by atoms with van der Waals surface area (Å²) in [6, 6.07) is 7.04. The Hall–Kier alpha value is -0.300. The molecule has 0 unspecified atom stereocenters. The van der Waals surface area contributed by atoms with Gasteiger partial charge in [0.1, 0.15) is 0 Å². The standard InChI is InChI=1S/C15H23Br/c1-11(2)5-13-7-14(6-12(3)4)9-15(8-13)10-16/h7-9,11-12H,5-6,10H2,1-4H3. The molecule has 0 nitrogen and oxygen atoms in total. The lowest BCUT2D eigenvalue weighted by atomic mass is 9.95. The van der Waals surface area contributed by atoms with Crippen molar-refractivity contribution in [2.24, 2.45) is 11.8 Å². The van der Waals surface area contributed by atoms with Crippen LogP contribution in [0.4, 0.5) is 0 Å². The Labute approximate surface area is 109 Å². The highest BCUT2D eigenvalue weighted by Crippen LogP contribution is 2.18. The molecule has 0 aliphatic rings. The van der Waals surface area contributed by atoms with Crippen molar-refractivity contribution in [1.82, 2.24) is 0 Å². The summed E-state index contributed by atoms with van der Waals surface area (Å²) >= 11 is 3.56. The third kappa shape index (κ3) is 4.69. The minimum Gasteiger partial charge on any atom is -0.0876 e. The van der Waals surface area contributed by atoms with E-state index >= 15 is 0 Å². The van der Waals surface area contributed by atoms with Gasteiger partial charge in [-0.25, -0.2) is 0 Å². The zero-order valence-corrected chi connectivity index (χ0v) is 12.5. The van der Waals surface area contributed by atoms with Crippen molar-refractivity contribution >= 4 is 15.9 Å². The van der Waals surface area contributed by atoms with Gasteiger partial charge in [-0.15, -0.1) is 0 Å². The average molecular weight is 283 g/mol. The third-order valence-corrected chi connectivity index (χ3v) is 3.20. The van der Waals surface area contributed by atoms with E-state index in [2.05, 4.69) is 61.8 Å². The van der Waals surface area contributed by atoms with Gasteiger partial charge in [0.2, 0.25) is 0 Å². The van der Waals surface area contributed by atoms with Gasteiger partial charge < -0.3 is 0 Å². The number of hydrogen-bond donors (Lipinski definition) is 0. The van der Waals surface area contributed by atoms with Crippen molar-refractivity contribution < 1.29 is 0 Å². The van der Waals surface area contributed by atoms with Crippen LogP contribution < -0.4 is 0 Å². The van der Waals surface area contributed by atoms with Crippen molar-refractivity contribution in [1.29, 1.82) is 0 Å². The number of hydrogen-bond acceptors (Lipinski definition) is 0. The summed E-state index contributed by atoms with van der Waals surface area (Å²) in [5, 5.41) is 0.962. The zero-order valence-electron chi connectivity index (χ0n) is 10.9. The Morgan fingerprint density at radius 3 is 1.50 bits per heavy atom. The Balaban J connectivity index is 2.91. The topological polar surface area (TPSA) is 0 Å². The van der Waals surface area contributed by atoms with Crippen LogP contribution in [0.1, 0.15) is 44.4 Å². The third-order valence-electron chi connectivity index (χ3n) is 2.55. The second-order valence-electron chi connectivity index (χ2n) is 5.49. The maximum atomic E-state index is 3.56. The van der Waals surface area contributed by atoms with Gasteiger partial charge in [0, 0.05) is 5.33 Å². The molecule has 0 saturated heterocycles. The lowest BCUT2D eigenvalue weighted by Crippen LogP contribution is -2.00. The lowest BCUT2D eigenvalue weighted by Gasteiger charge is -2.12. The van der Waals surface area contributed by atoms with Crippen LogP contribution in [0.15, 0.2) is 18.2 Å². The van der Waals surface area contributed by atoms with Crippen molar-refractivity contribution in [2.45, 2.75) is 45.9 Å². The van der Waals surface area contributed by atoms with E-state index in [-0.39, 0.29) is 0 Å². The summed E-state index contributed by atoms with van der Waals surface area (Å²) in [7, 11) is 0. The van der Waals surface area contributed by atoms with Gasteiger partial charge in [0.25, 0.3) is 0 Å². The summed E-state index contributed by atoms with van der Waals surface area (Å²) in [5.41, 5.74) is 4.39. The first kappa shape index (κ1) is 13.8. The second-order valence-corrected chi connectivity index (χ2v) is 6.05. The SMILES string of the molecule is CC(C)Cc1cc(CBr)cc(CC(C)C)c1. The smallest absolute Gasteiger partial charge is 0.0283 e. The molecule has 16 heavy (non-hydrogen) atoms. The molecule has 0 fully saturated rings. The van der Waals surface area contributed by atoms with Crippen LogP contribution >= 0.6 is 15.9 Å². The fourth-order valence-electron chi connectivity index (χ4n) is 2.10. The van der Waals surface area contributed by atoms with Gasteiger partial charge in [-0.2, -0.15) is 0 Å². The Bertz CT molecular complexity index is 298. The summed E-state index contributed by atoms with van der Waals surface area (Å²) < 4.78 is 0. The first-order valence-corrected chi connectivity index (χ1v) is 7.31. The normalized spacial score (nSPS) is 11.4. The van der Waals surface area contributed by atoms with Crippen molar-refractivity contribution in [3.63, 3.8) is 0 Å². The van der Waals surface area contributed by atoms with E-state index < -0.39 is 0 Å². The van der Waals surface area contributed by atoms with Crippen LogP contribution in [0.25, 0.3) is 0 Å². The van der Waals surface area contributed by atoms with E-state index in [1.165, 1.54) is 29.5 Å². The maximum absolute atomic E-state index is 3.56. The zero-order chi connectivity index (χ0) is 12.1. The molecule has 0 aromatic heterocycles. The van der Waals surface area contributed by atoms with Gasteiger partial charge in [-0.05, 0) is 41.4 Å². The van der Waals surface area contributed by atoms with Gasteiger partial charge in [0.15, 0.2) is 0 Å². The molecule has 0 amide bonds. The van der Waals surface area contributed by atoms with Crippen molar-refractivity contribution in [3.8, 4) is 0 Å². The molecule has 0 atom stereocenters. The molecule has 0 bridgehead atoms. The summed E-state index contributed by atoms with van der Waals surface area (Å²) in [4.78, 5) is 0. The summed E-state index contributed by atoms with van der Waals surface area (Å²) in [6.07, 6.45) is 2.37. The molecule has 1 aromatic carbocycles. The van der Waals surface area contributed by atoms with E-state index in [4.69, 9.17) is 0 Å². The fourth-order valence-corrected chi connectivity index (χ4v) is 2.42. The van der Waals surface area contributed by atoms with Crippen LogP contribution in [-0.4, -0.2) is 0 Å². The van der Waals surface area contributed by atoms with E-state index in [1.54, 1.807) is 0 Å². The quantitative estimate of drug-likeness (QED) is 0.669. The van der Waals surface area contributed by atoms with Crippen molar-refractivity contribution in [2.75, 3.05) is 0 Å². The molecule has 0 radical (unpaired) electrons. The minimum atomic E-state index is 0.734. The molecule has 1 aromatic rings. The predicted octanol–water partition coefficient (Wildman–Crippen LogP) is 4.98. The molecule has 0 saturated carbocycles. The fraction of sp³-hybridized carbons (Fsp3) is 0.600. The first-order valence-electron chi connectivity index (χ1n) is 6.19. The van der Waals surface area contributed by atoms with Gasteiger partial charge in [-0.3, -0.25) is 0 Å². The van der Waals surface area contributed by atoms with Crippen LogP contribution in [0.2, 0.25) is 0 Å². The van der Waals surface area contributed by atoms with Gasteiger partial charge >= 0.3 is 0 Å². The molecule has 0 aliphatic carbocycles. The second kappa shape index (κ2) is 6.44. The first-order chi connectivity index (χ1) is 7.51. The number of rotatable bonds is 5. The van der Waals surface area contributed by atoms with Crippen molar-refractivity contribution in [3.05, 3.63) is 34.9 Å². The molecule has 90 valence electrons. The largest absolute Gasteiger partial charge is 0.0876 e. The molecule has 0 spiro atoms. The van der Waals surface area contributed by atoms with E-state index in [1.807, 2.05) is 0 Å². The van der Waals surface area contributed by atoms with Crippen LogP contribution in [0, 0.1) is 11.8 Å². The molecule has 1 rings (SSSR count).